The Hall–Kier alpha value is -8.69. The Labute approximate surface area is 523 Å². The quantitative estimate of drug-likeness (QED) is 0.0691. The summed E-state index contributed by atoms with van der Waals surface area (Å²) in [5.74, 6) is 13.1. The van der Waals surface area contributed by atoms with Gasteiger partial charge in [-0.05, 0) is 123 Å². The van der Waals surface area contributed by atoms with E-state index in [2.05, 4.69) is 268 Å². The number of hydrogen-bond acceptors (Lipinski definition) is 6. The third kappa shape index (κ3) is 7.27. The van der Waals surface area contributed by atoms with E-state index in [1.807, 2.05) is 0 Å². The van der Waals surface area contributed by atoms with Gasteiger partial charge in [0, 0.05) is 35.3 Å². The molecule has 1 atom stereocenters. The zero-order valence-corrected chi connectivity index (χ0v) is 55.4. The summed E-state index contributed by atoms with van der Waals surface area (Å²) in [5.41, 5.74) is 19.6. The first kappa shape index (κ1) is 55.6. The maximum absolute atomic E-state index is 5.84. The topological polar surface area (TPSA) is 101 Å². The number of aryl methyl sites for hydroxylation is 2. The van der Waals surface area contributed by atoms with E-state index in [4.69, 9.17) is 29.9 Å². The molecule has 0 saturated carbocycles. The fourth-order valence-electron chi connectivity index (χ4n) is 16.7. The molecule has 89 heavy (non-hydrogen) atoms. The van der Waals surface area contributed by atoms with Gasteiger partial charge in [0.1, 0.15) is 19.7 Å². The van der Waals surface area contributed by atoms with E-state index in [1.54, 1.807) is 0 Å². The number of aromatic nitrogens is 6. The molecule has 12 nitrogen and oxygen atoms in total. The van der Waals surface area contributed by atoms with Gasteiger partial charge in [0.05, 0.1) is 65.9 Å². The Morgan fingerprint density at radius 2 is 0.899 bits per heavy atom. The highest BCUT2D eigenvalue weighted by atomic mass is 32.3. The molecule has 6 aliphatic heterocycles. The van der Waals surface area contributed by atoms with Gasteiger partial charge in [-0.25, -0.2) is 9.97 Å². The van der Waals surface area contributed by atoms with E-state index in [1.165, 1.54) is 0 Å². The normalized spacial score (nSPS) is 16.8. The minimum absolute atomic E-state index is 0.512. The largest absolute Gasteiger partial charge is 0.404 e. The van der Waals surface area contributed by atoms with Crippen LogP contribution in [0.15, 0.2) is 141 Å². The highest BCUT2D eigenvalue weighted by Gasteiger charge is 2.69. The molecule has 10 heterocycles. The van der Waals surface area contributed by atoms with Crippen LogP contribution in [-0.4, -0.2) is 84.6 Å². The van der Waals surface area contributed by atoms with Gasteiger partial charge in [-0.1, -0.05) is 177 Å². The highest BCUT2D eigenvalue weighted by Crippen LogP contribution is 2.60. The molecule has 14 heteroatoms. The Kier molecular flexibility index (Phi) is 12.3. The van der Waals surface area contributed by atoms with Gasteiger partial charge in [-0.2, -0.15) is 19.2 Å². The number of amidine groups is 4. The van der Waals surface area contributed by atoms with Crippen molar-refractivity contribution in [2.45, 2.75) is 161 Å². The standard InChI is InChI=1S/C75H76N12SSi/c1-15-35-82-63-41-59-57(39-61(63)76-65(82)51-29-25-49(26-30-51)33-37-88(43(3)4,44(5)6)45(7)8)71-78-67-53-21-17-20-24-56(53)70-81-74-60-42-64-62(77-66(83(64)36-16-2)52-31-27-50(28-32-52)34-38-89(46(9)10,47(11)12)48(13)14)40-58(60)72-79-68-54-22-18-19-23-55(54)69-80-73(59)86(71)75(84(67)70,85(68)69)87(72)74/h17-32,39-48H,15-16,35-36H2,1-14H3/q+2/t75-/m0/s1. The predicted octanol–water partition coefficient (Wildman–Crippen LogP) is 15.5. The van der Waals surface area contributed by atoms with Crippen molar-refractivity contribution in [1.82, 2.24) is 28.2 Å². The lowest BCUT2D eigenvalue weighted by atomic mass is 10.1. The van der Waals surface area contributed by atoms with Crippen LogP contribution in [0.25, 0.3) is 66.4 Å². The van der Waals surface area contributed by atoms with E-state index in [0.717, 1.165) is 172 Å². The van der Waals surface area contributed by atoms with Crippen molar-refractivity contribution in [3.8, 4) is 45.4 Å². The fraction of sp³-hybridized carbons (Fsp3) is 0.333. The summed E-state index contributed by atoms with van der Waals surface area (Å²) in [4.78, 5) is 34.4. The summed E-state index contributed by atoms with van der Waals surface area (Å²) in [6.07, 6.45) is 1.88. The third-order valence-corrected chi connectivity index (χ3v) is 31.9. The molecule has 0 saturated heterocycles. The summed E-state index contributed by atoms with van der Waals surface area (Å²) < 4.78 is 14.4. The molecule has 0 amide bonds. The summed E-state index contributed by atoms with van der Waals surface area (Å²) in [6.45, 7) is 34.4. The van der Waals surface area contributed by atoms with Crippen LogP contribution in [0.4, 0.5) is 11.6 Å². The van der Waals surface area contributed by atoms with Gasteiger partial charge < -0.3 is 9.13 Å². The molecule has 0 radical (unpaired) electrons. The van der Waals surface area contributed by atoms with Crippen LogP contribution < -0.4 is 11.0 Å². The number of benzene rings is 6. The number of rotatable bonds is 12. The number of nitrogens with zero attached hydrogens (tertiary/aromatic N) is 12. The number of imidazole rings is 2. The van der Waals surface area contributed by atoms with Crippen LogP contribution >= 0.6 is 10.0 Å². The maximum Gasteiger partial charge on any atom is 0.404 e. The average molecular weight is 1210 g/mol. The van der Waals surface area contributed by atoms with E-state index in [-0.39, 0.29) is 0 Å². The van der Waals surface area contributed by atoms with E-state index < -0.39 is 24.0 Å². The molecule has 6 aliphatic rings. The maximum atomic E-state index is 5.84. The highest BCUT2D eigenvalue weighted by molar-refractivity contribution is 8.38. The Balaban J connectivity index is 0.913. The number of fused-ring (bicyclic) bond motifs is 14. The molecule has 6 aromatic carbocycles. The number of aliphatic imine (C=N–C) groups is 2. The van der Waals surface area contributed by atoms with Crippen LogP contribution in [0.2, 0.25) is 16.6 Å². The van der Waals surface area contributed by atoms with Crippen molar-refractivity contribution in [3.05, 3.63) is 166 Å². The Morgan fingerprint density at radius 1 is 0.483 bits per heavy atom. The first-order valence-corrected chi connectivity index (χ1v) is 36.4. The second kappa shape index (κ2) is 19.7. The van der Waals surface area contributed by atoms with Crippen molar-refractivity contribution in [2.24, 2.45) is 20.0 Å². The van der Waals surface area contributed by atoms with Crippen LogP contribution in [0, 0.1) is 22.6 Å². The Bertz CT molecular complexity index is 5160. The summed E-state index contributed by atoms with van der Waals surface area (Å²) in [6, 6.07) is 44.1. The first-order valence-electron chi connectivity index (χ1n) is 32.4. The summed E-state index contributed by atoms with van der Waals surface area (Å²) >= 11 is 0. The molecule has 0 aliphatic carbocycles. The molecule has 0 bridgehead atoms. The van der Waals surface area contributed by atoms with E-state index in [9.17, 15) is 0 Å². The van der Waals surface area contributed by atoms with Gasteiger partial charge in [-0.3, -0.25) is 0 Å². The van der Waals surface area contributed by atoms with E-state index in [0.29, 0.717) is 32.4 Å². The van der Waals surface area contributed by atoms with Gasteiger partial charge in [0.15, 0.2) is 0 Å². The molecule has 444 valence electrons. The third-order valence-electron chi connectivity index (χ3n) is 20.5. The van der Waals surface area contributed by atoms with Crippen molar-refractivity contribution in [3.63, 3.8) is 0 Å². The van der Waals surface area contributed by atoms with Gasteiger partial charge in [-0.15, -0.1) is 14.7 Å². The van der Waals surface area contributed by atoms with Crippen LogP contribution in [0.1, 0.15) is 143 Å². The zero-order valence-electron chi connectivity index (χ0n) is 53.6. The van der Waals surface area contributed by atoms with Gasteiger partial charge >= 0.3 is 5.91 Å². The van der Waals surface area contributed by atoms with Crippen LogP contribution in [-0.2, 0) is 19.0 Å². The minimum atomic E-state index is -1.91. The van der Waals surface area contributed by atoms with Crippen LogP contribution in [0.3, 0.4) is 0 Å². The van der Waals surface area contributed by atoms with Crippen molar-refractivity contribution in [2.75, 3.05) is 0 Å². The van der Waals surface area contributed by atoms with Crippen LogP contribution in [0.5, 0.6) is 0 Å². The number of hydrogen-bond donors (Lipinski definition) is 0. The predicted molar refractivity (Wildman–Crippen MR) is 369 cm³/mol. The molecular weight excluding hydrogens is 1130 g/mol. The molecule has 0 N–H and O–H groups in total. The van der Waals surface area contributed by atoms with Crippen molar-refractivity contribution >= 4 is 96.7 Å². The second-order valence-electron chi connectivity index (χ2n) is 27.0. The van der Waals surface area contributed by atoms with Gasteiger partial charge in [0.25, 0.3) is 23.3 Å². The molecule has 16 rings (SSSR count). The zero-order chi connectivity index (χ0) is 61.5. The molecule has 0 fully saturated rings. The lowest BCUT2D eigenvalue weighted by molar-refractivity contribution is -0.790. The lowest BCUT2D eigenvalue weighted by Gasteiger charge is -2.46. The molecule has 1 spiro atoms. The SMILES string of the molecule is CCCn1c(-c2ccc(C#CS(C(C)C)(C(C)C)C(C)C)cc2)nc2cc3c4n5c(c3cc21)N=C1c2ccccc2C2=[N+]1[C@]51n3c(c5cc6nc(-c7ccc(C#C[Si](C(C)C)(C(C)C)C(C)C)cc7)n(CCC)c6cc5c3=NC3=[N+]1C(=N4)c1ccccc13)=N2. The second-order valence-corrected chi connectivity index (χ2v) is 37.1. The monoisotopic (exact) mass is 1200 g/mol. The summed E-state index contributed by atoms with van der Waals surface area (Å²) in [7, 11) is -3.08. The Morgan fingerprint density at radius 3 is 1.35 bits per heavy atom. The van der Waals surface area contributed by atoms with Crippen molar-refractivity contribution < 1.29 is 9.15 Å². The van der Waals surface area contributed by atoms with E-state index >= 15 is 0 Å². The average Bonchev–Trinajstić information content (AvgIpc) is 1.49. The molecule has 4 aromatic heterocycles. The first-order chi connectivity index (χ1) is 43.0. The molecule has 10 aromatic rings. The lowest BCUT2D eigenvalue weighted by Crippen LogP contribution is -2.71. The minimum Gasteiger partial charge on any atom is -0.324 e. The van der Waals surface area contributed by atoms with Crippen molar-refractivity contribution in [1.29, 1.82) is 0 Å². The molecular formula is C75H76N12SSi+2. The fourth-order valence-corrected chi connectivity index (χ4v) is 26.2. The summed E-state index contributed by atoms with van der Waals surface area (Å²) in [5, 5.41) is 9.42. The van der Waals surface area contributed by atoms with Gasteiger partial charge in [0.2, 0.25) is 22.6 Å². The molecule has 0 unspecified atom stereocenters. The smallest absolute Gasteiger partial charge is 0.324 e.